The van der Waals surface area contributed by atoms with Crippen LogP contribution < -0.4 is 9.80 Å². The first-order chi connectivity index (χ1) is 40.7. The van der Waals surface area contributed by atoms with Gasteiger partial charge in [-0.3, -0.25) is 0 Å². The molecule has 82 heavy (non-hydrogen) atoms. The first-order valence-corrected chi connectivity index (χ1v) is 28.7. The second kappa shape index (κ2) is 18.6. The number of allylic oxidation sites excluding steroid dienone is 4. The number of hydrogen-bond acceptors (Lipinski definition) is 2. The minimum absolute atomic E-state index is 0.199. The van der Waals surface area contributed by atoms with E-state index in [4.69, 9.17) is 0 Å². The summed E-state index contributed by atoms with van der Waals surface area (Å²) in [6.45, 7) is 0. The van der Waals surface area contributed by atoms with Crippen LogP contribution in [0.25, 0.3) is 99.5 Å². The van der Waals surface area contributed by atoms with Crippen molar-refractivity contribution in [1.82, 2.24) is 9.13 Å². The number of hydrogen-bond donors (Lipinski definition) is 0. The van der Waals surface area contributed by atoms with Crippen LogP contribution in [0.3, 0.4) is 0 Å². The Balaban J connectivity index is 0.651. The summed E-state index contributed by atoms with van der Waals surface area (Å²) in [6, 6.07) is 95.1. The maximum Gasteiger partial charge on any atom is 0.0629 e. The Morgan fingerprint density at radius 2 is 0.659 bits per heavy atom. The van der Waals surface area contributed by atoms with Gasteiger partial charge < -0.3 is 18.9 Å². The molecule has 2 aliphatic carbocycles. The lowest BCUT2D eigenvalue weighted by molar-refractivity contribution is 0.744. The van der Waals surface area contributed by atoms with Gasteiger partial charge in [0.25, 0.3) is 0 Å². The molecule has 2 aromatic heterocycles. The second-order valence-corrected chi connectivity index (χ2v) is 22.4. The average Bonchev–Trinajstić information content (AvgIpc) is 4.16. The molecule has 0 N–H and O–H groups in total. The summed E-state index contributed by atoms with van der Waals surface area (Å²) >= 11 is 0. The third-order valence-corrected chi connectivity index (χ3v) is 18.0. The highest BCUT2D eigenvalue weighted by Gasteiger charge is 2.39. The standard InChI is InChI=1S/C78H54N4/c1-2-19-59(20-3-1)79-73-29-11-6-24-65(73)68-48-56(36-43-76(68)79)53-16-14-17-54(46-53)57-37-44-77-69(49-57)66-25-7-12-30-74(66)80(77)60-39-32-51(33-40-60)52-34-41-61(42-35-52)81-75-31-13-8-26-67(75)70-50-58(38-45-78(70)81)55-18-15-21-62(47-55)82-71-27-9-4-22-63(71)64-23-5-10-28-72(64)82/h1-50,63,67,71,75H. The van der Waals surface area contributed by atoms with E-state index in [9.17, 15) is 0 Å². The van der Waals surface area contributed by atoms with Gasteiger partial charge >= 0.3 is 0 Å². The highest BCUT2D eigenvalue weighted by molar-refractivity contribution is 6.12. The van der Waals surface area contributed by atoms with Crippen molar-refractivity contribution in [2.75, 3.05) is 9.80 Å². The van der Waals surface area contributed by atoms with Crippen molar-refractivity contribution in [3.05, 3.63) is 315 Å². The number of para-hydroxylation sites is 4. The first-order valence-electron chi connectivity index (χ1n) is 28.7. The SMILES string of the molecule is C1=CC2c3ccccc3N(c3cccc(-c4ccc5c(c4)C4C=CC=CC4N5c4ccc(-c5ccc(-n6c7ccccc7c7cc(-c8cccc(-c9ccc%10c(c9)c9ccccc9n%10-c9ccccc9)c8)ccc76)cc5)cc4)c3)C2C=C1. The van der Waals surface area contributed by atoms with Gasteiger partial charge in [0.15, 0.2) is 0 Å². The Bertz CT molecular complexity index is 4840. The minimum Gasteiger partial charge on any atom is -0.333 e. The Labute approximate surface area is 477 Å². The maximum absolute atomic E-state index is 2.54. The van der Waals surface area contributed by atoms with E-state index in [1.807, 2.05) is 0 Å². The molecule has 4 aliphatic rings. The summed E-state index contributed by atoms with van der Waals surface area (Å²) in [5.41, 5.74) is 24.5. The molecule has 386 valence electrons. The smallest absolute Gasteiger partial charge is 0.0629 e. The predicted octanol–water partition coefficient (Wildman–Crippen LogP) is 20.0. The van der Waals surface area contributed by atoms with Gasteiger partial charge in [0, 0.05) is 67.5 Å². The van der Waals surface area contributed by atoms with Crippen molar-refractivity contribution in [3.8, 4) is 55.9 Å². The normalized spacial score (nSPS) is 17.5. The average molecular weight is 1050 g/mol. The van der Waals surface area contributed by atoms with Crippen LogP contribution >= 0.6 is 0 Å². The molecule has 0 saturated heterocycles. The van der Waals surface area contributed by atoms with Crippen LogP contribution in [-0.2, 0) is 0 Å². The number of anilines is 4. The zero-order valence-electron chi connectivity index (χ0n) is 45.0. The molecule has 17 rings (SSSR count). The molecule has 4 nitrogen and oxygen atoms in total. The summed E-state index contributed by atoms with van der Waals surface area (Å²) in [5, 5.41) is 5.00. The molecule has 13 aromatic rings. The van der Waals surface area contributed by atoms with Gasteiger partial charge in [-0.05, 0) is 165 Å². The number of benzene rings is 11. The fraction of sp³-hybridized carbons (Fsp3) is 0.0513. The molecular weight excluding hydrogens is 993 g/mol. The summed E-state index contributed by atoms with van der Waals surface area (Å²) in [4.78, 5) is 5.06. The summed E-state index contributed by atoms with van der Waals surface area (Å²) < 4.78 is 4.80. The largest absolute Gasteiger partial charge is 0.333 e. The van der Waals surface area contributed by atoms with Crippen molar-refractivity contribution >= 4 is 66.4 Å². The molecule has 4 heterocycles. The maximum atomic E-state index is 2.54. The zero-order chi connectivity index (χ0) is 53.8. The Morgan fingerprint density at radius 1 is 0.232 bits per heavy atom. The van der Waals surface area contributed by atoms with Crippen LogP contribution in [0, 0.1) is 0 Å². The van der Waals surface area contributed by atoms with Crippen LogP contribution in [0.2, 0.25) is 0 Å². The van der Waals surface area contributed by atoms with Crippen LogP contribution in [-0.4, -0.2) is 21.2 Å². The van der Waals surface area contributed by atoms with E-state index < -0.39 is 0 Å². The van der Waals surface area contributed by atoms with E-state index in [1.165, 1.54) is 128 Å². The molecule has 0 spiro atoms. The lowest BCUT2D eigenvalue weighted by Crippen LogP contribution is -2.28. The molecule has 0 saturated carbocycles. The number of fused-ring (bicyclic) bond motifs is 12. The number of aromatic nitrogens is 2. The van der Waals surface area contributed by atoms with Gasteiger partial charge in [-0.1, -0.05) is 194 Å². The molecule has 4 unspecified atom stereocenters. The third kappa shape index (κ3) is 7.31. The summed E-state index contributed by atoms with van der Waals surface area (Å²) in [5.74, 6) is 0.614. The Morgan fingerprint density at radius 3 is 1.30 bits per heavy atom. The van der Waals surface area contributed by atoms with E-state index in [2.05, 4.69) is 322 Å². The second-order valence-electron chi connectivity index (χ2n) is 22.4. The van der Waals surface area contributed by atoms with Crippen molar-refractivity contribution < 1.29 is 0 Å². The molecule has 0 radical (unpaired) electrons. The van der Waals surface area contributed by atoms with Gasteiger partial charge in [0.05, 0.1) is 34.2 Å². The van der Waals surface area contributed by atoms with E-state index in [0.29, 0.717) is 5.92 Å². The summed E-state index contributed by atoms with van der Waals surface area (Å²) in [7, 11) is 0. The molecule has 11 aromatic carbocycles. The van der Waals surface area contributed by atoms with Gasteiger partial charge in [0.1, 0.15) is 0 Å². The van der Waals surface area contributed by atoms with Crippen molar-refractivity contribution in [3.63, 3.8) is 0 Å². The Kier molecular flexibility index (Phi) is 10.5. The molecule has 2 aliphatic heterocycles. The fourth-order valence-corrected chi connectivity index (χ4v) is 14.2. The molecule has 0 amide bonds. The Hall–Kier alpha value is -10.4. The van der Waals surface area contributed by atoms with Crippen LogP contribution in [0.1, 0.15) is 23.0 Å². The molecule has 4 atom stereocenters. The van der Waals surface area contributed by atoms with Gasteiger partial charge in [0.2, 0.25) is 0 Å². The minimum atomic E-state index is 0.199. The van der Waals surface area contributed by atoms with E-state index in [1.54, 1.807) is 0 Å². The molecule has 4 heteroatoms. The fourth-order valence-electron chi connectivity index (χ4n) is 14.2. The first kappa shape index (κ1) is 46.5. The molecule has 0 fully saturated rings. The van der Waals surface area contributed by atoms with Crippen LogP contribution in [0.15, 0.2) is 303 Å². The summed E-state index contributed by atoms with van der Waals surface area (Å²) in [6.07, 6.45) is 18.3. The quantitative estimate of drug-likeness (QED) is 0.151. The van der Waals surface area contributed by atoms with Crippen LogP contribution in [0.4, 0.5) is 22.7 Å². The van der Waals surface area contributed by atoms with E-state index in [-0.39, 0.29) is 18.0 Å². The highest BCUT2D eigenvalue weighted by Crippen LogP contribution is 2.51. The zero-order valence-corrected chi connectivity index (χ0v) is 45.0. The number of rotatable bonds is 8. The van der Waals surface area contributed by atoms with Crippen molar-refractivity contribution in [1.29, 1.82) is 0 Å². The monoisotopic (exact) mass is 1050 g/mol. The van der Waals surface area contributed by atoms with Crippen molar-refractivity contribution in [2.24, 2.45) is 0 Å². The highest BCUT2D eigenvalue weighted by atomic mass is 15.2. The van der Waals surface area contributed by atoms with Crippen LogP contribution in [0.5, 0.6) is 0 Å². The van der Waals surface area contributed by atoms with E-state index >= 15 is 0 Å². The number of nitrogens with zero attached hydrogens (tertiary/aromatic N) is 4. The lowest BCUT2D eigenvalue weighted by atomic mass is 9.89. The predicted molar refractivity (Wildman–Crippen MR) is 344 cm³/mol. The van der Waals surface area contributed by atoms with Crippen molar-refractivity contribution in [2.45, 2.75) is 23.9 Å². The van der Waals surface area contributed by atoms with E-state index in [0.717, 1.165) is 5.69 Å². The molecular formula is C78H54N4. The third-order valence-electron chi connectivity index (χ3n) is 18.0. The van der Waals surface area contributed by atoms with Gasteiger partial charge in [-0.2, -0.15) is 0 Å². The lowest BCUT2D eigenvalue weighted by Gasteiger charge is -2.29. The van der Waals surface area contributed by atoms with Gasteiger partial charge in [-0.25, -0.2) is 0 Å². The molecule has 0 bridgehead atoms. The van der Waals surface area contributed by atoms with Gasteiger partial charge in [-0.15, -0.1) is 0 Å². The topological polar surface area (TPSA) is 16.3 Å².